The SMILES string of the molecule is COc1ccc(-n2cc(CN(C)[C@@H](C)c3nccs3)c(-c3cccc(F)c3)n2)cc1. The van der Waals surface area contributed by atoms with Crippen LogP contribution >= 0.6 is 11.3 Å². The second-order valence-electron chi connectivity index (χ2n) is 7.12. The van der Waals surface area contributed by atoms with Gasteiger partial charge in [-0.2, -0.15) is 5.10 Å². The van der Waals surface area contributed by atoms with Gasteiger partial charge in [0.2, 0.25) is 0 Å². The topological polar surface area (TPSA) is 43.2 Å². The molecule has 0 radical (unpaired) electrons. The van der Waals surface area contributed by atoms with Gasteiger partial charge >= 0.3 is 0 Å². The van der Waals surface area contributed by atoms with Crippen molar-refractivity contribution in [1.29, 1.82) is 0 Å². The smallest absolute Gasteiger partial charge is 0.123 e. The zero-order valence-electron chi connectivity index (χ0n) is 17.1. The van der Waals surface area contributed by atoms with Crippen LogP contribution in [0.1, 0.15) is 23.5 Å². The summed E-state index contributed by atoms with van der Waals surface area (Å²) in [6.07, 6.45) is 3.83. The van der Waals surface area contributed by atoms with Crippen LogP contribution in [-0.2, 0) is 6.54 Å². The van der Waals surface area contributed by atoms with Crippen molar-refractivity contribution in [3.05, 3.63) is 82.7 Å². The van der Waals surface area contributed by atoms with Crippen LogP contribution in [0.5, 0.6) is 5.75 Å². The highest BCUT2D eigenvalue weighted by atomic mass is 32.1. The van der Waals surface area contributed by atoms with E-state index >= 15 is 0 Å². The van der Waals surface area contributed by atoms with Crippen LogP contribution in [0.25, 0.3) is 16.9 Å². The molecule has 2 aromatic heterocycles. The van der Waals surface area contributed by atoms with E-state index in [4.69, 9.17) is 9.84 Å². The molecular formula is C23H23FN4OS. The molecule has 1 atom stereocenters. The molecule has 0 fully saturated rings. The summed E-state index contributed by atoms with van der Waals surface area (Å²) in [5.74, 6) is 0.510. The normalized spacial score (nSPS) is 12.3. The molecule has 5 nitrogen and oxygen atoms in total. The number of hydrogen-bond acceptors (Lipinski definition) is 5. The van der Waals surface area contributed by atoms with E-state index in [2.05, 4.69) is 23.9 Å². The van der Waals surface area contributed by atoms with E-state index < -0.39 is 0 Å². The summed E-state index contributed by atoms with van der Waals surface area (Å²) >= 11 is 1.64. The molecule has 7 heteroatoms. The second kappa shape index (κ2) is 8.77. The van der Waals surface area contributed by atoms with Crippen LogP contribution in [0.4, 0.5) is 4.39 Å². The molecule has 2 heterocycles. The van der Waals surface area contributed by atoms with E-state index in [1.165, 1.54) is 12.1 Å². The second-order valence-corrected chi connectivity index (χ2v) is 8.04. The van der Waals surface area contributed by atoms with Gasteiger partial charge in [-0.1, -0.05) is 12.1 Å². The van der Waals surface area contributed by atoms with Gasteiger partial charge in [-0.05, 0) is 50.4 Å². The lowest BCUT2D eigenvalue weighted by molar-refractivity contribution is 0.253. The molecule has 0 unspecified atom stereocenters. The maximum Gasteiger partial charge on any atom is 0.123 e. The maximum atomic E-state index is 13.9. The molecule has 154 valence electrons. The fourth-order valence-electron chi connectivity index (χ4n) is 3.31. The summed E-state index contributed by atoms with van der Waals surface area (Å²) in [6, 6.07) is 14.4. The van der Waals surface area contributed by atoms with E-state index in [0.29, 0.717) is 6.54 Å². The number of aromatic nitrogens is 3. The van der Waals surface area contributed by atoms with Gasteiger partial charge in [-0.15, -0.1) is 11.3 Å². The van der Waals surface area contributed by atoms with E-state index in [0.717, 1.165) is 33.3 Å². The Kier molecular flexibility index (Phi) is 5.92. The number of hydrogen-bond donors (Lipinski definition) is 0. The van der Waals surface area contributed by atoms with Gasteiger partial charge in [0.1, 0.15) is 16.6 Å². The number of halogens is 1. The number of ether oxygens (including phenoxy) is 1. The molecule has 0 spiro atoms. The third-order valence-corrected chi connectivity index (χ3v) is 6.06. The highest BCUT2D eigenvalue weighted by molar-refractivity contribution is 7.09. The van der Waals surface area contributed by atoms with Crippen molar-refractivity contribution >= 4 is 11.3 Å². The highest BCUT2D eigenvalue weighted by Crippen LogP contribution is 2.29. The number of benzene rings is 2. The van der Waals surface area contributed by atoms with E-state index in [1.54, 1.807) is 24.5 Å². The Bertz CT molecular complexity index is 1110. The lowest BCUT2D eigenvalue weighted by Gasteiger charge is -2.22. The summed E-state index contributed by atoms with van der Waals surface area (Å²) in [5.41, 5.74) is 3.45. The molecule has 4 rings (SSSR count). The van der Waals surface area contributed by atoms with Gasteiger partial charge in [0.15, 0.2) is 0 Å². The van der Waals surface area contributed by atoms with Gasteiger partial charge in [-0.3, -0.25) is 4.90 Å². The quantitative estimate of drug-likeness (QED) is 0.403. The zero-order chi connectivity index (χ0) is 21.1. The fraction of sp³-hybridized carbons (Fsp3) is 0.217. The average Bonchev–Trinajstić information content (AvgIpc) is 3.44. The Morgan fingerprint density at radius 1 is 1.20 bits per heavy atom. The van der Waals surface area contributed by atoms with Crippen LogP contribution in [0.15, 0.2) is 66.3 Å². The van der Waals surface area contributed by atoms with Crippen LogP contribution < -0.4 is 4.74 Å². The van der Waals surface area contributed by atoms with Crippen molar-refractivity contribution in [2.45, 2.75) is 19.5 Å². The lowest BCUT2D eigenvalue weighted by atomic mass is 10.1. The first kappa shape index (κ1) is 20.3. The van der Waals surface area contributed by atoms with Crippen molar-refractivity contribution < 1.29 is 9.13 Å². The molecule has 0 saturated heterocycles. The highest BCUT2D eigenvalue weighted by Gasteiger charge is 2.19. The monoisotopic (exact) mass is 422 g/mol. The van der Waals surface area contributed by atoms with Crippen molar-refractivity contribution in [2.75, 3.05) is 14.2 Å². The Labute approximate surface area is 179 Å². The Balaban J connectivity index is 1.70. The van der Waals surface area contributed by atoms with Gasteiger partial charge in [0.05, 0.1) is 24.5 Å². The summed E-state index contributed by atoms with van der Waals surface area (Å²) in [6.45, 7) is 2.79. The summed E-state index contributed by atoms with van der Waals surface area (Å²) < 4.78 is 21.0. The molecule has 0 amide bonds. The van der Waals surface area contributed by atoms with E-state index in [1.807, 2.05) is 52.8 Å². The predicted octanol–water partition coefficient (Wildman–Crippen LogP) is 5.34. The molecule has 2 aromatic carbocycles. The maximum absolute atomic E-state index is 13.9. The molecule has 0 aliphatic rings. The molecule has 30 heavy (non-hydrogen) atoms. The largest absolute Gasteiger partial charge is 0.497 e. The molecule has 0 aliphatic heterocycles. The zero-order valence-corrected chi connectivity index (χ0v) is 17.9. The number of thiazole rings is 1. The summed E-state index contributed by atoms with van der Waals surface area (Å²) in [5, 5.41) is 7.84. The minimum Gasteiger partial charge on any atom is -0.497 e. The van der Waals surface area contributed by atoms with Gasteiger partial charge < -0.3 is 4.74 Å². The van der Waals surface area contributed by atoms with Gasteiger partial charge in [0.25, 0.3) is 0 Å². The Hall–Kier alpha value is -3.03. The molecule has 4 aromatic rings. The predicted molar refractivity (Wildman–Crippen MR) is 118 cm³/mol. The van der Waals surface area contributed by atoms with Crippen molar-refractivity contribution in [3.8, 4) is 22.7 Å². The first-order valence-electron chi connectivity index (χ1n) is 9.63. The van der Waals surface area contributed by atoms with Crippen molar-refractivity contribution in [1.82, 2.24) is 19.7 Å². The number of methoxy groups -OCH3 is 1. The fourth-order valence-corrected chi connectivity index (χ4v) is 4.07. The first-order chi connectivity index (χ1) is 14.5. The van der Waals surface area contributed by atoms with Crippen LogP contribution in [0, 0.1) is 5.82 Å². The third kappa shape index (κ3) is 4.27. The lowest BCUT2D eigenvalue weighted by Crippen LogP contribution is -2.21. The van der Waals surface area contributed by atoms with Crippen LogP contribution in [0.3, 0.4) is 0 Å². The third-order valence-electron chi connectivity index (χ3n) is 5.11. The van der Waals surface area contributed by atoms with E-state index in [-0.39, 0.29) is 11.9 Å². The van der Waals surface area contributed by atoms with Crippen LogP contribution in [-0.4, -0.2) is 33.8 Å². The minimum atomic E-state index is -0.276. The van der Waals surface area contributed by atoms with Crippen molar-refractivity contribution in [3.63, 3.8) is 0 Å². The first-order valence-corrected chi connectivity index (χ1v) is 10.5. The van der Waals surface area contributed by atoms with Gasteiger partial charge in [-0.25, -0.2) is 14.1 Å². The molecule has 0 aliphatic carbocycles. The minimum absolute atomic E-state index is 0.162. The van der Waals surface area contributed by atoms with Gasteiger partial charge in [0, 0.05) is 35.4 Å². The van der Waals surface area contributed by atoms with Crippen LogP contribution in [0.2, 0.25) is 0 Å². The van der Waals surface area contributed by atoms with E-state index in [9.17, 15) is 4.39 Å². The standard InChI is InChI=1S/C23H23FN4OS/c1-16(23-25-11-12-30-23)27(2)14-18-15-28(20-7-9-21(29-3)10-8-20)26-22(18)17-5-4-6-19(24)13-17/h4-13,15-16H,14H2,1-3H3/t16-/m0/s1. The molecular weight excluding hydrogens is 399 g/mol. The average molecular weight is 423 g/mol. The number of rotatable bonds is 7. The number of nitrogens with zero attached hydrogens (tertiary/aromatic N) is 4. The molecule has 0 saturated carbocycles. The molecule has 0 bridgehead atoms. The Morgan fingerprint density at radius 3 is 2.67 bits per heavy atom. The summed E-state index contributed by atoms with van der Waals surface area (Å²) in [7, 11) is 3.70. The Morgan fingerprint density at radius 2 is 2.00 bits per heavy atom. The molecule has 0 N–H and O–H groups in total. The van der Waals surface area contributed by atoms with Crippen molar-refractivity contribution in [2.24, 2.45) is 0 Å². The summed E-state index contributed by atoms with van der Waals surface area (Å²) in [4.78, 5) is 6.65.